The van der Waals surface area contributed by atoms with Crippen molar-refractivity contribution >= 4 is 12.6 Å². The van der Waals surface area contributed by atoms with E-state index >= 15 is 0 Å². The highest BCUT2D eigenvalue weighted by Gasteiger charge is 2.06. The smallest absolute Gasteiger partial charge is 0.254 e. The summed E-state index contributed by atoms with van der Waals surface area (Å²) in [5.41, 5.74) is 4.07. The Balaban J connectivity index is 2.50. The molecule has 2 rings (SSSR count). The molecule has 1 heterocycles. The van der Waals surface area contributed by atoms with Crippen LogP contribution in [0.5, 0.6) is 0 Å². The predicted molar refractivity (Wildman–Crippen MR) is 79.2 cm³/mol. The molecule has 0 saturated carbocycles. The van der Waals surface area contributed by atoms with E-state index in [2.05, 4.69) is 43.8 Å². The molecule has 0 aliphatic heterocycles. The molecule has 0 bridgehead atoms. The summed E-state index contributed by atoms with van der Waals surface area (Å²) in [6.45, 7) is 2.13. The van der Waals surface area contributed by atoms with Crippen LogP contribution in [0.2, 0.25) is 0 Å². The first-order valence-electron chi connectivity index (χ1n) is 6.06. The van der Waals surface area contributed by atoms with Crippen LogP contribution in [0.1, 0.15) is 18.1 Å². The minimum absolute atomic E-state index is 0.0297. The zero-order chi connectivity index (χ0) is 13.1. The van der Waals surface area contributed by atoms with Crippen LogP contribution in [0.25, 0.3) is 11.3 Å². The maximum absolute atomic E-state index is 12.0. The molecule has 1 aromatic heterocycles. The summed E-state index contributed by atoms with van der Waals surface area (Å²) < 4.78 is 1.69. The summed E-state index contributed by atoms with van der Waals surface area (Å²) in [5, 5.41) is 0. The highest BCUT2D eigenvalue weighted by molar-refractivity contribution is 7.79. The van der Waals surface area contributed by atoms with E-state index in [1.54, 1.807) is 11.6 Å². The van der Waals surface area contributed by atoms with Gasteiger partial charge in [0.1, 0.15) is 0 Å². The normalized spacial score (nSPS) is 10.6. The van der Waals surface area contributed by atoms with Gasteiger partial charge in [0.25, 0.3) is 5.56 Å². The van der Waals surface area contributed by atoms with E-state index in [4.69, 9.17) is 0 Å². The Bertz CT molecular complexity index is 599. The first-order chi connectivity index (χ1) is 8.67. The van der Waals surface area contributed by atoms with Gasteiger partial charge in [-0.3, -0.25) is 4.79 Å². The number of benzene rings is 1. The molecule has 0 aliphatic carbocycles. The Kier molecular flexibility index (Phi) is 3.92. The second-order valence-electron chi connectivity index (χ2n) is 4.32. The molecular formula is C15H17NOS. The van der Waals surface area contributed by atoms with Crippen LogP contribution in [-0.2, 0) is 19.2 Å². The molecule has 2 aromatic rings. The van der Waals surface area contributed by atoms with Gasteiger partial charge in [-0.05, 0) is 23.6 Å². The van der Waals surface area contributed by atoms with E-state index in [9.17, 15) is 4.79 Å². The van der Waals surface area contributed by atoms with Gasteiger partial charge in [0.15, 0.2) is 0 Å². The van der Waals surface area contributed by atoms with Crippen LogP contribution < -0.4 is 5.56 Å². The molecular weight excluding hydrogens is 242 g/mol. The quantitative estimate of drug-likeness (QED) is 0.841. The van der Waals surface area contributed by atoms with Crippen molar-refractivity contribution in [1.29, 1.82) is 0 Å². The monoisotopic (exact) mass is 259 g/mol. The molecule has 0 atom stereocenters. The van der Waals surface area contributed by atoms with Gasteiger partial charge in [-0.1, -0.05) is 37.3 Å². The van der Waals surface area contributed by atoms with Crippen molar-refractivity contribution in [2.45, 2.75) is 19.1 Å². The molecule has 0 spiro atoms. The lowest BCUT2D eigenvalue weighted by Crippen LogP contribution is -2.21. The molecule has 94 valence electrons. The molecule has 0 amide bonds. The summed E-state index contributed by atoms with van der Waals surface area (Å²) in [5.74, 6) is 0.474. The van der Waals surface area contributed by atoms with Gasteiger partial charge >= 0.3 is 0 Å². The van der Waals surface area contributed by atoms with Gasteiger partial charge in [-0.2, -0.15) is 12.6 Å². The largest absolute Gasteiger partial charge is 0.311 e. The molecule has 0 radical (unpaired) electrons. The molecule has 0 N–H and O–H groups in total. The lowest BCUT2D eigenvalue weighted by molar-refractivity contribution is 0.857. The first-order valence-corrected chi connectivity index (χ1v) is 6.69. The third-order valence-electron chi connectivity index (χ3n) is 3.21. The minimum atomic E-state index is 0.0297. The summed E-state index contributed by atoms with van der Waals surface area (Å²) >= 11 is 4.16. The standard InChI is InChI=1S/C15H17NOS/c1-3-11-4-6-12(7-5-11)14-9-8-13(10-18)15(17)16(14)2/h4-9,18H,3,10H2,1-2H3. The van der Waals surface area contributed by atoms with E-state index in [1.807, 2.05) is 12.1 Å². The summed E-state index contributed by atoms with van der Waals surface area (Å²) in [6, 6.07) is 12.2. The average molecular weight is 259 g/mol. The molecule has 0 fully saturated rings. The van der Waals surface area contributed by atoms with Crippen LogP contribution in [-0.4, -0.2) is 4.57 Å². The highest BCUT2D eigenvalue weighted by Crippen LogP contribution is 2.18. The zero-order valence-electron chi connectivity index (χ0n) is 10.7. The molecule has 0 aliphatic rings. The van der Waals surface area contributed by atoms with Crippen molar-refractivity contribution < 1.29 is 0 Å². The SMILES string of the molecule is CCc1ccc(-c2ccc(CS)c(=O)n2C)cc1. The highest BCUT2D eigenvalue weighted by atomic mass is 32.1. The minimum Gasteiger partial charge on any atom is -0.311 e. The van der Waals surface area contributed by atoms with Crippen molar-refractivity contribution in [3.8, 4) is 11.3 Å². The van der Waals surface area contributed by atoms with Crippen molar-refractivity contribution in [2.24, 2.45) is 7.05 Å². The number of pyridine rings is 1. The van der Waals surface area contributed by atoms with Gasteiger partial charge in [-0.15, -0.1) is 0 Å². The van der Waals surface area contributed by atoms with E-state index in [-0.39, 0.29) is 5.56 Å². The van der Waals surface area contributed by atoms with Gasteiger partial charge < -0.3 is 4.57 Å². The van der Waals surface area contributed by atoms with Gasteiger partial charge in [-0.25, -0.2) is 0 Å². The number of rotatable bonds is 3. The Labute approximate surface area is 113 Å². The van der Waals surface area contributed by atoms with E-state index in [1.165, 1.54) is 5.56 Å². The van der Waals surface area contributed by atoms with Crippen LogP contribution in [0.4, 0.5) is 0 Å². The van der Waals surface area contributed by atoms with E-state index < -0.39 is 0 Å². The van der Waals surface area contributed by atoms with Crippen LogP contribution >= 0.6 is 12.6 Å². The molecule has 1 aromatic carbocycles. The number of aromatic nitrogens is 1. The van der Waals surface area contributed by atoms with Crippen LogP contribution in [0.15, 0.2) is 41.2 Å². The van der Waals surface area contributed by atoms with Gasteiger partial charge in [0.05, 0.1) is 5.69 Å². The Morgan fingerprint density at radius 3 is 2.33 bits per heavy atom. The number of aryl methyl sites for hydroxylation is 1. The fourth-order valence-electron chi connectivity index (χ4n) is 2.01. The molecule has 18 heavy (non-hydrogen) atoms. The number of thiol groups is 1. The third kappa shape index (κ3) is 2.36. The number of hydrogen-bond acceptors (Lipinski definition) is 2. The van der Waals surface area contributed by atoms with E-state index in [0.717, 1.165) is 23.2 Å². The van der Waals surface area contributed by atoms with Gasteiger partial charge in [0, 0.05) is 18.4 Å². The van der Waals surface area contributed by atoms with Crippen molar-refractivity contribution in [3.63, 3.8) is 0 Å². The molecule has 0 unspecified atom stereocenters. The molecule has 0 saturated heterocycles. The fourth-order valence-corrected chi connectivity index (χ4v) is 2.25. The summed E-state index contributed by atoms with van der Waals surface area (Å²) in [7, 11) is 1.80. The predicted octanol–water partition coefficient (Wildman–Crippen LogP) is 3.04. The van der Waals surface area contributed by atoms with Gasteiger partial charge in [0.2, 0.25) is 0 Å². The topological polar surface area (TPSA) is 22.0 Å². The summed E-state index contributed by atoms with van der Waals surface area (Å²) in [4.78, 5) is 12.0. The van der Waals surface area contributed by atoms with Crippen LogP contribution in [0, 0.1) is 0 Å². The molecule has 3 heteroatoms. The lowest BCUT2D eigenvalue weighted by Gasteiger charge is -2.10. The number of hydrogen-bond donors (Lipinski definition) is 1. The maximum atomic E-state index is 12.0. The maximum Gasteiger partial charge on any atom is 0.254 e. The third-order valence-corrected chi connectivity index (χ3v) is 3.55. The van der Waals surface area contributed by atoms with Crippen molar-refractivity contribution in [1.82, 2.24) is 4.57 Å². The van der Waals surface area contributed by atoms with Crippen molar-refractivity contribution in [3.05, 3.63) is 57.9 Å². The second-order valence-corrected chi connectivity index (χ2v) is 4.63. The Morgan fingerprint density at radius 2 is 1.78 bits per heavy atom. The fraction of sp³-hybridized carbons (Fsp3) is 0.267. The average Bonchev–Trinajstić information content (AvgIpc) is 2.42. The van der Waals surface area contributed by atoms with Crippen LogP contribution in [0.3, 0.4) is 0 Å². The Morgan fingerprint density at radius 1 is 1.11 bits per heavy atom. The summed E-state index contributed by atoms with van der Waals surface area (Å²) in [6.07, 6.45) is 1.03. The lowest BCUT2D eigenvalue weighted by atomic mass is 10.1. The van der Waals surface area contributed by atoms with Crippen molar-refractivity contribution in [2.75, 3.05) is 0 Å². The second kappa shape index (κ2) is 5.44. The number of nitrogens with zero attached hydrogens (tertiary/aromatic N) is 1. The molecule has 2 nitrogen and oxygen atoms in total. The first kappa shape index (κ1) is 13.0. The van der Waals surface area contributed by atoms with E-state index in [0.29, 0.717) is 5.75 Å². The zero-order valence-corrected chi connectivity index (χ0v) is 11.6. The Hall–Kier alpha value is -1.48.